The van der Waals surface area contributed by atoms with E-state index in [1.165, 1.54) is 0 Å². The third-order valence-corrected chi connectivity index (χ3v) is 3.02. The number of pyridine rings is 1. The lowest BCUT2D eigenvalue weighted by molar-refractivity contribution is 0.706. The van der Waals surface area contributed by atoms with Gasteiger partial charge in [0.2, 0.25) is 0 Å². The monoisotopic (exact) mass is 259 g/mol. The first-order valence-corrected chi connectivity index (χ1v) is 6.88. The van der Waals surface area contributed by atoms with E-state index < -0.39 is 0 Å². The quantitative estimate of drug-likeness (QED) is 0.861. The molecule has 0 saturated heterocycles. The van der Waals surface area contributed by atoms with Gasteiger partial charge in [-0.3, -0.25) is 4.98 Å². The van der Waals surface area contributed by atoms with Crippen LogP contribution in [0, 0.1) is 0 Å². The van der Waals surface area contributed by atoms with Crippen molar-refractivity contribution in [3.63, 3.8) is 0 Å². The van der Waals surface area contributed by atoms with Crippen LogP contribution in [0.25, 0.3) is 5.69 Å². The lowest BCUT2D eigenvalue weighted by Crippen LogP contribution is -2.15. The highest BCUT2D eigenvalue weighted by Crippen LogP contribution is 2.15. The highest BCUT2D eigenvalue weighted by atomic mass is 15.4. The van der Waals surface area contributed by atoms with Crippen molar-refractivity contribution in [2.24, 2.45) is 0 Å². The zero-order chi connectivity index (χ0) is 13.7. The highest BCUT2D eigenvalue weighted by Gasteiger charge is 2.12. The Morgan fingerprint density at radius 3 is 2.74 bits per heavy atom. The molecule has 0 radical (unpaired) electrons. The summed E-state index contributed by atoms with van der Waals surface area (Å²) in [5, 5.41) is 7.92. The minimum absolute atomic E-state index is 0.796. The van der Waals surface area contributed by atoms with Crippen LogP contribution in [-0.4, -0.2) is 26.3 Å². The molecule has 0 aliphatic carbocycles. The summed E-state index contributed by atoms with van der Waals surface area (Å²) in [7, 11) is 0. The fraction of sp³-hybridized carbons (Fsp3) is 0.500. The summed E-state index contributed by atoms with van der Waals surface area (Å²) in [6.45, 7) is 8.01. The number of nitrogens with one attached hydrogen (secondary N) is 1. The molecule has 0 bridgehead atoms. The third kappa shape index (κ3) is 2.98. The minimum Gasteiger partial charge on any atom is -0.313 e. The molecule has 0 saturated carbocycles. The molecule has 19 heavy (non-hydrogen) atoms. The zero-order valence-corrected chi connectivity index (χ0v) is 11.8. The lowest BCUT2D eigenvalue weighted by Gasteiger charge is -2.10. The van der Waals surface area contributed by atoms with Gasteiger partial charge in [-0.25, -0.2) is 9.67 Å². The number of rotatable bonds is 6. The molecule has 0 spiro atoms. The predicted molar refractivity (Wildman–Crippen MR) is 75.3 cm³/mol. The van der Waals surface area contributed by atoms with E-state index in [0.29, 0.717) is 0 Å². The Kier molecular flexibility index (Phi) is 4.63. The van der Waals surface area contributed by atoms with Gasteiger partial charge in [0.15, 0.2) is 5.82 Å². The Morgan fingerprint density at radius 2 is 2.05 bits per heavy atom. The van der Waals surface area contributed by atoms with E-state index in [4.69, 9.17) is 0 Å². The van der Waals surface area contributed by atoms with Crippen LogP contribution in [0.5, 0.6) is 0 Å². The van der Waals surface area contributed by atoms with Gasteiger partial charge < -0.3 is 5.32 Å². The van der Waals surface area contributed by atoms with E-state index in [-0.39, 0.29) is 0 Å². The third-order valence-electron chi connectivity index (χ3n) is 3.02. The van der Waals surface area contributed by atoms with Crippen molar-refractivity contribution in [2.45, 2.75) is 40.2 Å². The Bertz CT molecular complexity index is 532. The predicted octanol–water partition coefficient (Wildman–Crippen LogP) is 1.90. The molecule has 2 heterocycles. The molecule has 0 aliphatic rings. The van der Waals surface area contributed by atoms with Crippen LogP contribution in [0.3, 0.4) is 0 Å². The number of aromatic nitrogens is 4. The normalized spacial score (nSPS) is 10.9. The Balaban J connectivity index is 2.42. The van der Waals surface area contributed by atoms with Crippen LogP contribution in [0.1, 0.15) is 38.0 Å². The van der Waals surface area contributed by atoms with Crippen LogP contribution in [0.15, 0.2) is 18.5 Å². The van der Waals surface area contributed by atoms with Gasteiger partial charge in [0, 0.05) is 37.3 Å². The summed E-state index contributed by atoms with van der Waals surface area (Å²) in [4.78, 5) is 8.76. The molecule has 2 aromatic heterocycles. The number of aryl methyl sites for hydroxylation is 2. The zero-order valence-electron chi connectivity index (χ0n) is 11.8. The molecule has 2 aromatic rings. The smallest absolute Gasteiger partial charge is 0.151 e. The van der Waals surface area contributed by atoms with Crippen LogP contribution in [0.4, 0.5) is 0 Å². The lowest BCUT2D eigenvalue weighted by atomic mass is 10.2. The summed E-state index contributed by atoms with van der Waals surface area (Å²) < 4.78 is 1.95. The maximum atomic E-state index is 4.59. The van der Waals surface area contributed by atoms with Gasteiger partial charge in [0.25, 0.3) is 0 Å². The first-order valence-electron chi connectivity index (χ1n) is 6.88. The van der Waals surface area contributed by atoms with E-state index in [2.05, 4.69) is 41.2 Å². The summed E-state index contributed by atoms with van der Waals surface area (Å²) in [5.41, 5.74) is 2.21. The second-order valence-corrected chi connectivity index (χ2v) is 4.35. The van der Waals surface area contributed by atoms with E-state index >= 15 is 0 Å². The fourth-order valence-electron chi connectivity index (χ4n) is 1.99. The van der Waals surface area contributed by atoms with Gasteiger partial charge in [-0.15, -0.1) is 0 Å². The van der Waals surface area contributed by atoms with Gasteiger partial charge in [-0.2, -0.15) is 5.10 Å². The van der Waals surface area contributed by atoms with Gasteiger partial charge >= 0.3 is 0 Å². The van der Waals surface area contributed by atoms with Gasteiger partial charge in [0.1, 0.15) is 5.82 Å². The molecular formula is C14H21N5. The van der Waals surface area contributed by atoms with Crippen LogP contribution in [0.2, 0.25) is 0 Å². The van der Waals surface area contributed by atoms with Gasteiger partial charge in [-0.05, 0) is 12.6 Å². The molecule has 0 amide bonds. The number of hydrogen-bond acceptors (Lipinski definition) is 4. The summed E-state index contributed by atoms with van der Waals surface area (Å²) in [5.74, 6) is 1.89. The van der Waals surface area contributed by atoms with Crippen LogP contribution >= 0.6 is 0 Å². The van der Waals surface area contributed by atoms with Crippen molar-refractivity contribution < 1.29 is 0 Å². The molecule has 5 nitrogen and oxygen atoms in total. The van der Waals surface area contributed by atoms with Crippen molar-refractivity contribution in [1.82, 2.24) is 25.1 Å². The molecule has 2 rings (SSSR count). The van der Waals surface area contributed by atoms with Crippen molar-refractivity contribution in [3.05, 3.63) is 35.7 Å². The summed E-state index contributed by atoms with van der Waals surface area (Å²) in [6, 6.07) is 2.00. The first-order chi connectivity index (χ1) is 9.30. The molecule has 102 valence electrons. The molecule has 0 aromatic carbocycles. The van der Waals surface area contributed by atoms with Crippen molar-refractivity contribution >= 4 is 0 Å². The SMILES string of the molecule is CCNCc1cnccc1-n1nc(CC)nc1CC. The van der Waals surface area contributed by atoms with Crippen molar-refractivity contribution in [3.8, 4) is 5.69 Å². The molecule has 0 fully saturated rings. The number of nitrogens with zero attached hydrogens (tertiary/aromatic N) is 4. The van der Waals surface area contributed by atoms with E-state index in [1.807, 2.05) is 16.9 Å². The van der Waals surface area contributed by atoms with E-state index in [1.54, 1.807) is 6.20 Å². The first kappa shape index (κ1) is 13.7. The molecule has 5 heteroatoms. The molecule has 0 aliphatic heterocycles. The topological polar surface area (TPSA) is 55.6 Å². The minimum atomic E-state index is 0.796. The van der Waals surface area contributed by atoms with Crippen LogP contribution in [-0.2, 0) is 19.4 Å². The highest BCUT2D eigenvalue weighted by molar-refractivity contribution is 5.38. The summed E-state index contributed by atoms with van der Waals surface area (Å²) >= 11 is 0. The van der Waals surface area contributed by atoms with Gasteiger partial charge in [-0.1, -0.05) is 20.8 Å². The van der Waals surface area contributed by atoms with Crippen LogP contribution < -0.4 is 5.32 Å². The maximum absolute atomic E-state index is 4.59. The largest absolute Gasteiger partial charge is 0.313 e. The molecular weight excluding hydrogens is 238 g/mol. The van der Waals surface area contributed by atoms with E-state index in [0.717, 1.165) is 48.8 Å². The van der Waals surface area contributed by atoms with Gasteiger partial charge in [0.05, 0.1) is 5.69 Å². The Labute approximate surface area is 114 Å². The summed E-state index contributed by atoms with van der Waals surface area (Å²) in [6.07, 6.45) is 5.42. The van der Waals surface area contributed by atoms with Crippen molar-refractivity contribution in [1.29, 1.82) is 0 Å². The fourth-order valence-corrected chi connectivity index (χ4v) is 1.99. The molecule has 1 N–H and O–H groups in total. The van der Waals surface area contributed by atoms with Crippen molar-refractivity contribution in [2.75, 3.05) is 6.54 Å². The standard InChI is InChI=1S/C14H21N5/c1-4-13-17-14(5-2)19(18-13)12-7-8-16-10-11(12)9-15-6-3/h7-8,10,15H,4-6,9H2,1-3H3. The van der Waals surface area contributed by atoms with E-state index in [9.17, 15) is 0 Å². The second kappa shape index (κ2) is 6.43. The Morgan fingerprint density at radius 1 is 1.21 bits per heavy atom. The average Bonchev–Trinajstić information content (AvgIpc) is 2.88. The molecule has 0 unspecified atom stereocenters. The Hall–Kier alpha value is -1.75. The average molecular weight is 259 g/mol. The number of hydrogen-bond donors (Lipinski definition) is 1. The molecule has 0 atom stereocenters. The second-order valence-electron chi connectivity index (χ2n) is 4.35. The maximum Gasteiger partial charge on any atom is 0.151 e.